The van der Waals surface area contributed by atoms with Crippen molar-refractivity contribution >= 4 is 61.1 Å². The van der Waals surface area contributed by atoms with Crippen LogP contribution in [0.5, 0.6) is 0 Å². The van der Waals surface area contributed by atoms with Crippen molar-refractivity contribution in [3.05, 3.63) is 222 Å². The van der Waals surface area contributed by atoms with Gasteiger partial charge in [-0.1, -0.05) is 109 Å². The summed E-state index contributed by atoms with van der Waals surface area (Å²) in [6.45, 7) is 7.75. The average molecular weight is 782 g/mol. The van der Waals surface area contributed by atoms with Crippen molar-refractivity contribution in [3.8, 4) is 33.9 Å². The first-order chi connectivity index (χ1) is 29.7. The molecule has 11 aromatic rings. The molecule has 0 N–H and O–H groups in total. The maximum absolute atomic E-state index is 7.75. The Bertz CT molecular complexity index is 3670. The number of rotatable bonds is 3. The lowest BCUT2D eigenvalue weighted by Gasteiger charge is -2.39. The molecule has 0 amide bonds. The van der Waals surface area contributed by atoms with E-state index in [0.29, 0.717) is 5.69 Å². The third-order valence-electron chi connectivity index (χ3n) is 12.7. The third kappa shape index (κ3) is 4.42. The van der Waals surface area contributed by atoms with Crippen LogP contribution in [-0.4, -0.2) is 19.1 Å². The van der Waals surface area contributed by atoms with Gasteiger partial charge in [-0.05, 0) is 112 Å². The highest BCUT2D eigenvalue weighted by molar-refractivity contribution is 7.99. The fourth-order valence-corrected chi connectivity index (χ4v) is 11.4. The highest BCUT2D eigenvalue weighted by Crippen LogP contribution is 2.62. The minimum absolute atomic E-state index is 0.628. The maximum Gasteiger partial charge on any atom is 0.188 e. The molecule has 0 saturated heterocycles. The van der Waals surface area contributed by atoms with Gasteiger partial charge in [0.15, 0.2) is 5.69 Å². The van der Waals surface area contributed by atoms with E-state index in [-0.39, 0.29) is 0 Å². The van der Waals surface area contributed by atoms with Crippen LogP contribution in [0.25, 0.3) is 82.3 Å². The smallest absolute Gasteiger partial charge is 0.188 e. The molecule has 0 radical (unpaired) electrons. The Morgan fingerprint density at radius 2 is 1.07 bits per heavy atom. The minimum atomic E-state index is -0.682. The second kappa shape index (κ2) is 12.4. The molecule has 1 aliphatic heterocycles. The molecule has 0 saturated carbocycles. The predicted octanol–water partition coefficient (Wildman–Crippen LogP) is 13.7. The van der Waals surface area contributed by atoms with Crippen molar-refractivity contribution in [1.29, 1.82) is 0 Å². The Balaban J connectivity index is 1.07. The number of hydrogen-bond acceptors (Lipinski definition) is 3. The van der Waals surface area contributed by atoms with Gasteiger partial charge >= 0.3 is 0 Å². The fraction of sp³-hybridized carbons (Fsp3) is 0.0185. The number of pyridine rings is 2. The number of nitrogens with zero attached hydrogens (tertiary/aromatic N) is 5. The first-order valence-electron chi connectivity index (χ1n) is 20.1. The molecule has 1 unspecified atom stereocenters. The molecule has 1 aliphatic carbocycles. The topological polar surface area (TPSA) is 40.0 Å². The van der Waals surface area contributed by atoms with Crippen molar-refractivity contribution in [2.45, 2.75) is 15.2 Å². The molecule has 5 heterocycles. The molecule has 13 rings (SSSR count). The standard InChI is InChI=1S/C54H31N5S/c1-55-35-23-25-49-41(30-35)39-15-6-9-19-47(39)59(49)37-31-45-53(57-32-37)52-43(17-11-27-56-52)54(45)42-16-7-10-20-50(42)60-51-26-22-34(29-44(51)54)33-21-24-48-40(28-33)38-14-5-8-18-46(38)58(48)36-12-3-2-4-13-36/h2-32H. The van der Waals surface area contributed by atoms with E-state index < -0.39 is 5.41 Å². The van der Waals surface area contributed by atoms with E-state index in [1.54, 1.807) is 0 Å². The molecule has 1 atom stereocenters. The SMILES string of the molecule is [C-]#[N+]c1ccc2c(c1)c1ccccc1n2-c1cnc2c(c1)C1(c3ccccc3Sc3ccc(-c4ccc5c(c4)c4ccccc4n5-c4ccccc4)cc31)c1cccnc1-2. The molecule has 7 aromatic carbocycles. The van der Waals surface area contributed by atoms with Gasteiger partial charge < -0.3 is 9.13 Å². The minimum Gasteiger partial charge on any atom is -0.309 e. The third-order valence-corrected chi connectivity index (χ3v) is 13.8. The maximum atomic E-state index is 7.75. The van der Waals surface area contributed by atoms with Crippen molar-refractivity contribution in [2.24, 2.45) is 0 Å². The zero-order valence-corrected chi connectivity index (χ0v) is 32.9. The second-order valence-electron chi connectivity index (χ2n) is 15.6. The van der Waals surface area contributed by atoms with Crippen LogP contribution in [0, 0.1) is 6.57 Å². The Labute approximate surface area is 349 Å². The normalized spacial score (nSPS) is 15.0. The van der Waals surface area contributed by atoms with E-state index in [2.05, 4.69) is 178 Å². The van der Waals surface area contributed by atoms with E-state index in [9.17, 15) is 0 Å². The van der Waals surface area contributed by atoms with Crippen molar-refractivity contribution in [3.63, 3.8) is 0 Å². The zero-order valence-electron chi connectivity index (χ0n) is 32.0. The van der Waals surface area contributed by atoms with Crippen molar-refractivity contribution in [2.75, 3.05) is 0 Å². The van der Waals surface area contributed by atoms with Gasteiger partial charge in [0.2, 0.25) is 0 Å². The lowest BCUT2D eigenvalue weighted by molar-refractivity contribution is 0.719. The largest absolute Gasteiger partial charge is 0.309 e. The van der Waals surface area contributed by atoms with Gasteiger partial charge in [0, 0.05) is 43.4 Å². The molecule has 60 heavy (non-hydrogen) atoms. The van der Waals surface area contributed by atoms with Crippen LogP contribution < -0.4 is 0 Å². The Morgan fingerprint density at radius 1 is 0.450 bits per heavy atom. The predicted molar refractivity (Wildman–Crippen MR) is 244 cm³/mol. The first-order valence-corrected chi connectivity index (χ1v) is 20.9. The van der Waals surface area contributed by atoms with E-state index in [0.717, 1.165) is 61.3 Å². The van der Waals surface area contributed by atoms with Gasteiger partial charge in [0.1, 0.15) is 0 Å². The molecule has 4 aromatic heterocycles. The Hall–Kier alpha value is -7.72. The van der Waals surface area contributed by atoms with E-state index in [1.807, 2.05) is 36.3 Å². The average Bonchev–Trinajstić information content (AvgIpc) is 3.93. The summed E-state index contributed by atoms with van der Waals surface area (Å²) in [5.41, 5.74) is 15.4. The van der Waals surface area contributed by atoms with Crippen LogP contribution in [0.15, 0.2) is 198 Å². The van der Waals surface area contributed by atoms with Crippen molar-refractivity contribution < 1.29 is 0 Å². The molecule has 6 heteroatoms. The Kier molecular flexibility index (Phi) is 6.87. The van der Waals surface area contributed by atoms with Crippen LogP contribution in [0.1, 0.15) is 22.3 Å². The molecule has 0 bridgehead atoms. The number of aromatic nitrogens is 4. The zero-order chi connectivity index (χ0) is 39.5. The summed E-state index contributed by atoms with van der Waals surface area (Å²) < 4.78 is 4.67. The number of fused-ring (bicyclic) bond motifs is 15. The summed E-state index contributed by atoms with van der Waals surface area (Å²) in [5, 5.41) is 4.62. The van der Waals surface area contributed by atoms with Gasteiger partial charge in [0.25, 0.3) is 0 Å². The van der Waals surface area contributed by atoms with E-state index in [4.69, 9.17) is 16.5 Å². The van der Waals surface area contributed by atoms with Gasteiger partial charge in [-0.15, -0.1) is 0 Å². The van der Waals surface area contributed by atoms with Gasteiger partial charge in [-0.2, -0.15) is 0 Å². The summed E-state index contributed by atoms with van der Waals surface area (Å²) in [5.74, 6) is 0. The van der Waals surface area contributed by atoms with Gasteiger partial charge in [-0.25, -0.2) is 4.85 Å². The molecule has 5 nitrogen and oxygen atoms in total. The van der Waals surface area contributed by atoms with Crippen LogP contribution in [-0.2, 0) is 5.41 Å². The quantitative estimate of drug-likeness (QED) is 0.168. The summed E-state index contributed by atoms with van der Waals surface area (Å²) in [6.07, 6.45) is 3.88. The lowest BCUT2D eigenvalue weighted by Crippen LogP contribution is -2.32. The van der Waals surface area contributed by atoms with Crippen molar-refractivity contribution in [1.82, 2.24) is 19.1 Å². The van der Waals surface area contributed by atoms with E-state index in [1.165, 1.54) is 48.3 Å². The van der Waals surface area contributed by atoms with Gasteiger partial charge in [0.05, 0.1) is 57.3 Å². The molecule has 0 fully saturated rings. The molecular formula is C54H31N5S. The number of para-hydroxylation sites is 3. The number of hydrogen-bond donors (Lipinski definition) is 0. The van der Waals surface area contributed by atoms with E-state index >= 15 is 0 Å². The summed E-state index contributed by atoms with van der Waals surface area (Å²) in [7, 11) is 0. The lowest BCUT2D eigenvalue weighted by atomic mass is 9.67. The van der Waals surface area contributed by atoms with Crippen LogP contribution in [0.3, 0.4) is 0 Å². The molecule has 1 spiro atoms. The summed E-state index contributed by atoms with van der Waals surface area (Å²) >= 11 is 1.84. The highest BCUT2D eigenvalue weighted by atomic mass is 32.2. The van der Waals surface area contributed by atoms with Crippen LogP contribution >= 0.6 is 11.8 Å². The Morgan fingerprint density at radius 3 is 1.88 bits per heavy atom. The molecule has 2 aliphatic rings. The first kappa shape index (κ1) is 33.3. The fourth-order valence-electron chi connectivity index (χ4n) is 10.2. The van der Waals surface area contributed by atoms with Gasteiger partial charge in [-0.3, -0.25) is 9.97 Å². The monoisotopic (exact) mass is 781 g/mol. The second-order valence-corrected chi connectivity index (χ2v) is 16.7. The highest BCUT2D eigenvalue weighted by Gasteiger charge is 2.52. The van der Waals surface area contributed by atoms with Crippen LogP contribution in [0.4, 0.5) is 5.69 Å². The summed E-state index contributed by atoms with van der Waals surface area (Å²) in [4.78, 5) is 16.6. The summed E-state index contributed by atoms with van der Waals surface area (Å²) in [6, 6.07) is 63.3. The molecule has 278 valence electrons. The van der Waals surface area contributed by atoms with Crippen LogP contribution in [0.2, 0.25) is 0 Å². The number of benzene rings is 7. The molecular weight excluding hydrogens is 751 g/mol.